The Balaban J connectivity index is 1.08. The van der Waals surface area contributed by atoms with E-state index in [1.165, 1.54) is 44.5 Å². The molecule has 0 bridgehead atoms. The van der Waals surface area contributed by atoms with Crippen LogP contribution in [0.5, 0.6) is 0 Å². The van der Waals surface area contributed by atoms with Crippen molar-refractivity contribution in [3.63, 3.8) is 0 Å². The number of anilines is 1. The second kappa shape index (κ2) is 11.7. The van der Waals surface area contributed by atoms with E-state index in [0.29, 0.717) is 17.5 Å². The summed E-state index contributed by atoms with van der Waals surface area (Å²) in [6.45, 7) is 0. The Morgan fingerprint density at radius 1 is 0.333 bits per heavy atom. The van der Waals surface area contributed by atoms with Crippen molar-refractivity contribution < 1.29 is 0 Å². The summed E-state index contributed by atoms with van der Waals surface area (Å²) >= 11 is 0. The number of nitrogens with zero attached hydrogens (tertiary/aromatic N) is 3. The molecule has 1 spiro atoms. The summed E-state index contributed by atoms with van der Waals surface area (Å²) in [6, 6.07) is 64.4. The summed E-state index contributed by atoms with van der Waals surface area (Å²) in [4.78, 5) is 15.2. The van der Waals surface area contributed by atoms with Gasteiger partial charge in [0.15, 0.2) is 17.5 Å². The van der Waals surface area contributed by atoms with Crippen LogP contribution in [0.15, 0.2) is 182 Å². The lowest BCUT2D eigenvalue weighted by Gasteiger charge is -2.30. The normalized spacial score (nSPS) is 13.0. The number of rotatable bonds is 4. The van der Waals surface area contributed by atoms with Crippen molar-refractivity contribution in [3.05, 3.63) is 204 Å². The van der Waals surface area contributed by atoms with Gasteiger partial charge >= 0.3 is 0 Å². The second-order valence-corrected chi connectivity index (χ2v) is 14.2. The van der Waals surface area contributed by atoms with Crippen LogP contribution in [0.2, 0.25) is 0 Å². The third-order valence-electron chi connectivity index (χ3n) is 11.3. The third-order valence-corrected chi connectivity index (χ3v) is 11.3. The molecule has 0 amide bonds. The summed E-state index contributed by atoms with van der Waals surface area (Å²) in [7, 11) is 0. The molecule has 0 saturated heterocycles. The van der Waals surface area contributed by atoms with Crippen molar-refractivity contribution in [1.29, 1.82) is 0 Å². The molecule has 2 N–H and O–H groups in total. The zero-order chi connectivity index (χ0) is 35.8. The highest BCUT2D eigenvalue weighted by atomic mass is 15.0. The quantitative estimate of drug-likeness (QED) is 0.187. The Morgan fingerprint density at radius 3 is 1.65 bits per heavy atom. The van der Waals surface area contributed by atoms with Gasteiger partial charge in [-0.15, -0.1) is 0 Å². The van der Waals surface area contributed by atoms with Gasteiger partial charge < -0.3 is 5.73 Å². The zero-order valence-electron chi connectivity index (χ0n) is 29.2. The summed E-state index contributed by atoms with van der Waals surface area (Å²) in [5, 5.41) is 2.25. The van der Waals surface area contributed by atoms with Crippen LogP contribution in [-0.4, -0.2) is 15.0 Å². The van der Waals surface area contributed by atoms with Gasteiger partial charge in [-0.1, -0.05) is 158 Å². The molecule has 4 heteroatoms. The average Bonchev–Trinajstić information content (AvgIpc) is 3.70. The zero-order valence-corrected chi connectivity index (χ0v) is 29.2. The van der Waals surface area contributed by atoms with Gasteiger partial charge in [0.2, 0.25) is 0 Å². The van der Waals surface area contributed by atoms with Crippen molar-refractivity contribution in [3.8, 4) is 67.5 Å². The van der Waals surface area contributed by atoms with E-state index in [9.17, 15) is 0 Å². The molecule has 0 aliphatic heterocycles. The van der Waals surface area contributed by atoms with Gasteiger partial charge in [0.25, 0.3) is 0 Å². The van der Waals surface area contributed by atoms with E-state index in [2.05, 4.69) is 146 Å². The van der Waals surface area contributed by atoms with E-state index in [4.69, 9.17) is 20.7 Å². The number of fused-ring (bicyclic) bond motifs is 11. The first kappa shape index (κ1) is 30.5. The Kier molecular flexibility index (Phi) is 6.58. The lowest BCUT2D eigenvalue weighted by atomic mass is 9.70. The van der Waals surface area contributed by atoms with Gasteiger partial charge in [-0.3, -0.25) is 0 Å². The average molecular weight is 689 g/mol. The van der Waals surface area contributed by atoms with Gasteiger partial charge in [-0.25, -0.2) is 15.0 Å². The molecule has 0 unspecified atom stereocenters. The van der Waals surface area contributed by atoms with Crippen LogP contribution in [0.3, 0.4) is 0 Å². The molecule has 0 fully saturated rings. The molecule has 2 aliphatic rings. The smallest absolute Gasteiger partial charge is 0.164 e. The van der Waals surface area contributed by atoms with Crippen LogP contribution in [-0.2, 0) is 5.41 Å². The number of benzene rings is 8. The molecule has 0 radical (unpaired) electrons. The molecule has 0 saturated carbocycles. The monoisotopic (exact) mass is 688 g/mol. The lowest BCUT2D eigenvalue weighted by Crippen LogP contribution is -2.25. The maximum Gasteiger partial charge on any atom is 0.164 e. The summed E-state index contributed by atoms with van der Waals surface area (Å²) in [5.74, 6) is 1.92. The highest BCUT2D eigenvalue weighted by Gasteiger charge is 2.51. The SMILES string of the molecule is Nc1ccc2c(c1)-c1cc(-c3cccc(-c4nc(-c5ccccc5)nc(-c5cccc6ccccc56)n4)c3)ccc1C21c2ccccc2-c2ccccc21. The fourth-order valence-corrected chi connectivity index (χ4v) is 8.95. The van der Waals surface area contributed by atoms with Crippen molar-refractivity contribution in [2.24, 2.45) is 0 Å². The van der Waals surface area contributed by atoms with E-state index in [0.717, 1.165) is 44.3 Å². The minimum absolute atomic E-state index is 0.414. The Bertz CT molecular complexity index is 2910. The fraction of sp³-hybridized carbons (Fsp3) is 0.0200. The highest BCUT2D eigenvalue weighted by molar-refractivity contribution is 5.97. The van der Waals surface area contributed by atoms with E-state index in [1.54, 1.807) is 0 Å². The first-order chi connectivity index (χ1) is 26.7. The summed E-state index contributed by atoms with van der Waals surface area (Å²) in [6.07, 6.45) is 0. The van der Waals surface area contributed by atoms with Crippen molar-refractivity contribution in [2.45, 2.75) is 5.41 Å². The van der Waals surface area contributed by atoms with Crippen LogP contribution in [0.4, 0.5) is 5.69 Å². The highest BCUT2D eigenvalue weighted by Crippen LogP contribution is 2.63. The van der Waals surface area contributed by atoms with Crippen molar-refractivity contribution >= 4 is 16.5 Å². The maximum atomic E-state index is 6.52. The molecule has 4 nitrogen and oxygen atoms in total. The molecule has 252 valence electrons. The van der Waals surface area contributed by atoms with E-state index in [-0.39, 0.29) is 0 Å². The number of nitrogens with two attached hydrogens (primary N) is 1. The molecule has 11 rings (SSSR count). The predicted octanol–water partition coefficient (Wildman–Crippen LogP) is 11.6. The molecule has 1 heterocycles. The Hall–Kier alpha value is -7.17. The molecular formula is C50H32N4. The molecule has 1 aromatic heterocycles. The van der Waals surface area contributed by atoms with Gasteiger partial charge in [-0.2, -0.15) is 0 Å². The van der Waals surface area contributed by atoms with Crippen LogP contribution in [0.25, 0.3) is 78.3 Å². The largest absolute Gasteiger partial charge is 0.399 e. The van der Waals surface area contributed by atoms with Crippen LogP contribution in [0.1, 0.15) is 22.3 Å². The molecule has 54 heavy (non-hydrogen) atoms. The Morgan fingerprint density at radius 2 is 0.852 bits per heavy atom. The van der Waals surface area contributed by atoms with Crippen molar-refractivity contribution in [2.75, 3.05) is 5.73 Å². The van der Waals surface area contributed by atoms with Crippen LogP contribution < -0.4 is 5.73 Å². The van der Waals surface area contributed by atoms with Crippen LogP contribution in [0, 0.1) is 0 Å². The molecular weight excluding hydrogens is 657 g/mol. The van der Waals surface area contributed by atoms with Crippen LogP contribution >= 0.6 is 0 Å². The van der Waals surface area contributed by atoms with E-state index < -0.39 is 5.41 Å². The van der Waals surface area contributed by atoms with E-state index in [1.807, 2.05) is 36.4 Å². The predicted molar refractivity (Wildman–Crippen MR) is 220 cm³/mol. The van der Waals surface area contributed by atoms with E-state index >= 15 is 0 Å². The number of hydrogen-bond acceptors (Lipinski definition) is 4. The topological polar surface area (TPSA) is 64.7 Å². The Labute approximate surface area is 313 Å². The third kappa shape index (κ3) is 4.40. The molecule has 2 aliphatic carbocycles. The summed E-state index contributed by atoms with van der Waals surface area (Å²) < 4.78 is 0. The standard InChI is InChI=1S/C50H32N4/c51-36-25-27-46-42(30-36)41-29-34(24-26-45(41)50(46)43-22-8-6-19-38(43)39-20-7-9-23-44(39)50)33-16-10-17-35(28-33)48-52-47(32-13-2-1-3-14-32)53-49(54-48)40-21-11-15-31-12-4-5-18-37(31)40/h1-30H,51H2. The molecule has 8 aromatic carbocycles. The number of nitrogen functional groups attached to an aromatic ring is 1. The number of hydrogen-bond donors (Lipinski definition) is 1. The second-order valence-electron chi connectivity index (χ2n) is 14.2. The van der Waals surface area contributed by atoms with Gasteiger partial charge in [-0.05, 0) is 90.7 Å². The first-order valence-electron chi connectivity index (χ1n) is 18.3. The molecule has 0 atom stereocenters. The number of aromatic nitrogens is 3. The fourth-order valence-electron chi connectivity index (χ4n) is 8.95. The van der Waals surface area contributed by atoms with Crippen molar-refractivity contribution in [1.82, 2.24) is 15.0 Å². The van der Waals surface area contributed by atoms with Gasteiger partial charge in [0, 0.05) is 22.4 Å². The minimum atomic E-state index is -0.414. The molecule has 9 aromatic rings. The van der Waals surface area contributed by atoms with Gasteiger partial charge in [0.05, 0.1) is 5.41 Å². The summed E-state index contributed by atoms with van der Waals surface area (Å²) in [5.41, 5.74) is 22.1. The maximum absolute atomic E-state index is 6.52. The first-order valence-corrected chi connectivity index (χ1v) is 18.3. The minimum Gasteiger partial charge on any atom is -0.399 e. The van der Waals surface area contributed by atoms with Gasteiger partial charge in [0.1, 0.15) is 0 Å². The lowest BCUT2D eigenvalue weighted by molar-refractivity contribution is 0.794.